The number of alkyl halides is 3. The molecule has 5 aromatic rings. The van der Waals surface area contributed by atoms with Crippen LogP contribution in [0.25, 0.3) is 16.8 Å². The normalized spacial score (nSPS) is 19.5. The standard InChI is InChI=1S/C28H28F3N7O4S/c1-3-15-12-16(34-21-20(22(39)23(21)40)32-11-9-28(29,30)31)13-17(15)25-36-37-26-27(35-24-18(38(25)26)8-10-33-24)43(41,42)19-7-5-4-6-14(19)2/h4-8,10,15-17,32-34H,3,9,11-13H2,1-2H3/t15-,16+,17+/m1/s1. The second-order valence-electron chi connectivity index (χ2n) is 10.9. The number of halogens is 3. The van der Waals surface area contributed by atoms with Gasteiger partial charge in [-0.25, -0.2) is 13.4 Å². The molecule has 1 saturated carbocycles. The number of sulfone groups is 1. The van der Waals surface area contributed by atoms with Crippen molar-refractivity contribution in [1.29, 1.82) is 0 Å². The molecule has 0 bridgehead atoms. The summed E-state index contributed by atoms with van der Waals surface area (Å²) >= 11 is 0. The van der Waals surface area contributed by atoms with Gasteiger partial charge in [0.1, 0.15) is 17.2 Å². The first-order valence-electron chi connectivity index (χ1n) is 13.8. The van der Waals surface area contributed by atoms with Gasteiger partial charge < -0.3 is 15.6 Å². The van der Waals surface area contributed by atoms with Gasteiger partial charge in [0.2, 0.25) is 14.9 Å². The lowest BCUT2D eigenvalue weighted by atomic mass is 9.93. The van der Waals surface area contributed by atoms with Crippen molar-refractivity contribution in [2.24, 2.45) is 5.92 Å². The van der Waals surface area contributed by atoms with Crippen molar-refractivity contribution in [3.05, 3.63) is 68.4 Å². The third-order valence-electron chi connectivity index (χ3n) is 8.19. The smallest absolute Gasteiger partial charge is 0.380 e. The van der Waals surface area contributed by atoms with Crippen LogP contribution in [0, 0.1) is 12.8 Å². The first-order chi connectivity index (χ1) is 20.4. The van der Waals surface area contributed by atoms with Crippen LogP contribution in [-0.4, -0.2) is 51.7 Å². The zero-order chi connectivity index (χ0) is 30.7. The van der Waals surface area contributed by atoms with Crippen LogP contribution in [0.2, 0.25) is 0 Å². The molecule has 15 heteroatoms. The highest BCUT2D eigenvalue weighted by Crippen LogP contribution is 2.43. The number of nitrogens with zero attached hydrogens (tertiary/aromatic N) is 4. The van der Waals surface area contributed by atoms with E-state index < -0.39 is 39.8 Å². The van der Waals surface area contributed by atoms with Gasteiger partial charge in [-0.2, -0.15) is 13.2 Å². The Labute approximate surface area is 243 Å². The minimum Gasteiger partial charge on any atom is -0.380 e. The van der Waals surface area contributed by atoms with Gasteiger partial charge in [0, 0.05) is 24.7 Å². The topological polar surface area (TPSA) is 151 Å². The maximum absolute atomic E-state index is 13.8. The Morgan fingerprint density at radius 2 is 1.81 bits per heavy atom. The molecule has 43 heavy (non-hydrogen) atoms. The highest BCUT2D eigenvalue weighted by molar-refractivity contribution is 7.91. The first kappa shape index (κ1) is 28.8. The molecule has 0 spiro atoms. The summed E-state index contributed by atoms with van der Waals surface area (Å²) in [5.74, 6) is 0.379. The van der Waals surface area contributed by atoms with Crippen molar-refractivity contribution >= 4 is 38.0 Å². The summed E-state index contributed by atoms with van der Waals surface area (Å²) in [4.78, 5) is 31.9. The zero-order valence-corrected chi connectivity index (χ0v) is 24.0. The largest absolute Gasteiger partial charge is 0.390 e. The average Bonchev–Trinajstić information content (AvgIpc) is 3.70. The Morgan fingerprint density at radius 3 is 2.53 bits per heavy atom. The molecule has 3 atom stereocenters. The highest BCUT2D eigenvalue weighted by Gasteiger charge is 2.40. The third-order valence-corrected chi connectivity index (χ3v) is 10.0. The fourth-order valence-corrected chi connectivity index (χ4v) is 7.61. The quantitative estimate of drug-likeness (QED) is 0.208. The average molecular weight is 616 g/mol. The fraction of sp³-hybridized carbons (Fsp3) is 0.393. The predicted molar refractivity (Wildman–Crippen MR) is 153 cm³/mol. The lowest BCUT2D eigenvalue weighted by molar-refractivity contribution is -0.131. The maximum atomic E-state index is 13.8. The van der Waals surface area contributed by atoms with Gasteiger partial charge >= 0.3 is 6.18 Å². The summed E-state index contributed by atoms with van der Waals surface area (Å²) < 4.78 is 67.1. The molecule has 3 heterocycles. The number of hydrogen-bond acceptors (Lipinski definition) is 9. The molecule has 11 nitrogen and oxygen atoms in total. The van der Waals surface area contributed by atoms with E-state index in [1.54, 1.807) is 41.8 Å². The Morgan fingerprint density at radius 1 is 1.07 bits per heavy atom. The minimum absolute atomic E-state index is 0.0115. The van der Waals surface area contributed by atoms with Crippen LogP contribution in [0.4, 0.5) is 24.5 Å². The van der Waals surface area contributed by atoms with Gasteiger partial charge in [0.05, 0.1) is 16.8 Å². The lowest BCUT2D eigenvalue weighted by Crippen LogP contribution is -2.39. The van der Waals surface area contributed by atoms with E-state index in [2.05, 4.69) is 30.8 Å². The van der Waals surface area contributed by atoms with Crippen molar-refractivity contribution in [2.45, 2.75) is 67.6 Å². The fourth-order valence-electron chi connectivity index (χ4n) is 6.07. The highest BCUT2D eigenvalue weighted by atomic mass is 32.2. The third kappa shape index (κ3) is 4.94. The molecule has 6 rings (SSSR count). The van der Waals surface area contributed by atoms with Crippen LogP contribution in [0.3, 0.4) is 0 Å². The molecule has 3 aromatic heterocycles. The number of rotatable bonds is 9. The number of nitrogens with one attached hydrogen (secondary N) is 3. The molecular weight excluding hydrogens is 587 g/mol. The number of H-pyrrole nitrogens is 1. The van der Waals surface area contributed by atoms with Crippen molar-refractivity contribution < 1.29 is 21.6 Å². The molecular formula is C28H28F3N7O4S. The van der Waals surface area contributed by atoms with E-state index in [0.717, 1.165) is 6.42 Å². The van der Waals surface area contributed by atoms with Crippen molar-refractivity contribution in [1.82, 2.24) is 24.6 Å². The molecule has 2 aromatic carbocycles. The second kappa shape index (κ2) is 10.5. The molecule has 1 aliphatic carbocycles. The van der Waals surface area contributed by atoms with E-state index in [9.17, 15) is 31.2 Å². The number of aromatic amines is 1. The summed E-state index contributed by atoms with van der Waals surface area (Å²) in [6, 6.07) is 8.10. The summed E-state index contributed by atoms with van der Waals surface area (Å²) in [5, 5.41) is 14.1. The monoisotopic (exact) mass is 615 g/mol. The van der Waals surface area contributed by atoms with E-state index in [-0.39, 0.29) is 44.8 Å². The molecule has 0 aliphatic heterocycles. The van der Waals surface area contributed by atoms with Gasteiger partial charge in [0.25, 0.3) is 10.9 Å². The number of fused-ring (bicyclic) bond motifs is 3. The Balaban J connectivity index is 1.35. The number of hydrogen-bond donors (Lipinski definition) is 3. The molecule has 0 amide bonds. The van der Waals surface area contributed by atoms with Crippen LogP contribution in [0.5, 0.6) is 0 Å². The van der Waals surface area contributed by atoms with E-state index in [4.69, 9.17) is 0 Å². The number of aryl methyl sites for hydroxylation is 1. The van der Waals surface area contributed by atoms with Gasteiger partial charge in [-0.05, 0) is 43.4 Å². The number of anilines is 2. The molecule has 3 N–H and O–H groups in total. The Kier molecular flexibility index (Phi) is 7.02. The van der Waals surface area contributed by atoms with Gasteiger partial charge in [0.15, 0.2) is 11.3 Å². The van der Waals surface area contributed by atoms with E-state index >= 15 is 0 Å². The zero-order valence-electron chi connectivity index (χ0n) is 23.2. The van der Waals surface area contributed by atoms with Crippen molar-refractivity contribution in [3.63, 3.8) is 0 Å². The molecule has 0 saturated heterocycles. The predicted octanol–water partition coefficient (Wildman–Crippen LogP) is 4.09. The molecule has 0 radical (unpaired) electrons. The van der Waals surface area contributed by atoms with E-state index in [0.29, 0.717) is 35.4 Å². The van der Waals surface area contributed by atoms with Crippen molar-refractivity contribution in [3.8, 4) is 0 Å². The molecule has 226 valence electrons. The summed E-state index contributed by atoms with van der Waals surface area (Å²) in [5.41, 5.74) is -0.161. The maximum Gasteiger partial charge on any atom is 0.390 e. The summed E-state index contributed by atoms with van der Waals surface area (Å²) in [6.45, 7) is 3.19. The molecule has 0 unspecified atom stereocenters. The molecule has 1 aliphatic rings. The molecule has 1 fully saturated rings. The van der Waals surface area contributed by atoms with Gasteiger partial charge in [-0.3, -0.25) is 14.0 Å². The van der Waals surface area contributed by atoms with Crippen LogP contribution < -0.4 is 21.5 Å². The SMILES string of the molecule is CC[C@@H]1C[C@H](Nc2c(NCCC(F)(F)F)c(=O)c2=O)C[C@@H]1c1nnc2c(S(=O)(=O)c3ccccc3C)nc3[nH]ccc3n12. The van der Waals surface area contributed by atoms with Crippen LogP contribution in [0.1, 0.15) is 49.9 Å². The van der Waals surface area contributed by atoms with Gasteiger partial charge in [-0.15, -0.1) is 10.2 Å². The van der Waals surface area contributed by atoms with Crippen LogP contribution in [0.15, 0.2) is 56.0 Å². The lowest BCUT2D eigenvalue weighted by Gasteiger charge is -2.19. The van der Waals surface area contributed by atoms with Crippen LogP contribution in [-0.2, 0) is 9.84 Å². The first-order valence-corrected chi connectivity index (χ1v) is 15.3. The second-order valence-corrected chi connectivity index (χ2v) is 12.7. The number of benzene rings is 1. The minimum atomic E-state index is -4.40. The Bertz CT molecular complexity index is 2030. The van der Waals surface area contributed by atoms with Crippen LogP contribution >= 0.6 is 0 Å². The summed E-state index contributed by atoms with van der Waals surface area (Å²) in [7, 11) is -4.07. The van der Waals surface area contributed by atoms with E-state index in [1.807, 2.05) is 6.92 Å². The number of aromatic nitrogens is 5. The van der Waals surface area contributed by atoms with E-state index in [1.165, 1.54) is 6.07 Å². The van der Waals surface area contributed by atoms with Gasteiger partial charge in [-0.1, -0.05) is 31.5 Å². The Hall–Kier alpha value is -4.27. The van der Waals surface area contributed by atoms with Crippen molar-refractivity contribution in [2.75, 3.05) is 17.2 Å². The summed E-state index contributed by atoms with van der Waals surface area (Å²) in [6.07, 6.45) is -2.10.